The molecule has 0 spiro atoms. The highest BCUT2D eigenvalue weighted by molar-refractivity contribution is 9.10. The number of rotatable bonds is 0. The van der Waals surface area contributed by atoms with Crippen molar-refractivity contribution in [3.05, 3.63) is 27.2 Å². The predicted molar refractivity (Wildman–Crippen MR) is 63.8 cm³/mol. The Bertz CT molecular complexity index is 468. The van der Waals surface area contributed by atoms with Crippen molar-refractivity contribution in [3.63, 3.8) is 0 Å². The van der Waals surface area contributed by atoms with Gasteiger partial charge in [-0.05, 0) is 31.0 Å². The number of cyclic esters (lactones) is 1. The molecule has 2 atom stereocenters. The van der Waals surface area contributed by atoms with Gasteiger partial charge in [0.1, 0.15) is 17.4 Å². The average molecular weight is 285 g/mol. The fourth-order valence-corrected chi connectivity index (χ4v) is 2.90. The molecule has 0 aliphatic carbocycles. The number of fused-ring (bicyclic) bond motifs is 1. The summed E-state index contributed by atoms with van der Waals surface area (Å²) < 4.78 is 6.05. The Morgan fingerprint density at radius 3 is 2.69 bits per heavy atom. The molecule has 0 fully saturated rings. The summed E-state index contributed by atoms with van der Waals surface area (Å²) >= 11 is 3.44. The van der Waals surface area contributed by atoms with E-state index in [1.807, 2.05) is 19.9 Å². The fourth-order valence-electron chi connectivity index (χ4n) is 2.00. The monoisotopic (exact) mass is 284 g/mol. The number of aryl methyl sites for hydroxylation is 1. The summed E-state index contributed by atoms with van der Waals surface area (Å²) in [6, 6.07) is 1.83. The van der Waals surface area contributed by atoms with Crippen molar-refractivity contribution >= 4 is 21.9 Å². The highest BCUT2D eigenvalue weighted by Gasteiger charge is 2.34. The summed E-state index contributed by atoms with van der Waals surface area (Å²) in [4.78, 5) is 11.8. The van der Waals surface area contributed by atoms with Crippen LogP contribution in [0, 0.1) is 6.92 Å². The van der Waals surface area contributed by atoms with Gasteiger partial charge >= 0.3 is 5.97 Å². The molecule has 1 aromatic rings. The van der Waals surface area contributed by atoms with Gasteiger partial charge in [-0.2, -0.15) is 0 Å². The van der Waals surface area contributed by atoms with Gasteiger partial charge < -0.3 is 9.84 Å². The smallest absolute Gasteiger partial charge is 0.342 e. The second-order valence-corrected chi connectivity index (χ2v) is 5.07. The highest BCUT2D eigenvalue weighted by Crippen LogP contribution is 2.41. The predicted octanol–water partition coefficient (Wildman–Crippen LogP) is 3.13. The summed E-state index contributed by atoms with van der Waals surface area (Å²) in [6.45, 7) is 5.60. The number of hydrogen-bond acceptors (Lipinski definition) is 3. The Kier molecular flexibility index (Phi) is 2.70. The molecule has 0 aromatic heterocycles. The number of carbonyl (C=O) groups excluding carboxylic acids is 1. The maximum atomic E-state index is 11.8. The number of esters is 1. The van der Waals surface area contributed by atoms with E-state index >= 15 is 0 Å². The third-order valence-corrected chi connectivity index (χ3v) is 3.79. The number of phenolic OH excluding ortho intramolecular Hbond substituents is 1. The molecule has 16 heavy (non-hydrogen) atoms. The SMILES string of the molecule is Cc1cc(Br)c2c(c1O)C(=O)O[C@@H](C)[C@@H]2C. The normalized spacial score (nSPS) is 23.9. The molecule has 0 amide bonds. The van der Waals surface area contributed by atoms with Crippen molar-refractivity contribution in [1.82, 2.24) is 0 Å². The van der Waals surface area contributed by atoms with Crippen LogP contribution in [-0.4, -0.2) is 17.2 Å². The first-order valence-electron chi connectivity index (χ1n) is 5.16. The molecular formula is C12H13BrO3. The van der Waals surface area contributed by atoms with E-state index in [9.17, 15) is 9.90 Å². The van der Waals surface area contributed by atoms with Gasteiger partial charge in [0.05, 0.1) is 0 Å². The van der Waals surface area contributed by atoms with Crippen LogP contribution < -0.4 is 0 Å². The van der Waals surface area contributed by atoms with Crippen molar-refractivity contribution < 1.29 is 14.6 Å². The van der Waals surface area contributed by atoms with E-state index in [0.29, 0.717) is 11.1 Å². The lowest BCUT2D eigenvalue weighted by molar-refractivity contribution is 0.0235. The van der Waals surface area contributed by atoms with Gasteiger partial charge in [0.2, 0.25) is 0 Å². The van der Waals surface area contributed by atoms with Gasteiger partial charge in [0.25, 0.3) is 0 Å². The lowest BCUT2D eigenvalue weighted by atomic mass is 9.88. The minimum Gasteiger partial charge on any atom is -0.507 e. The van der Waals surface area contributed by atoms with E-state index in [2.05, 4.69) is 15.9 Å². The number of aromatic hydroxyl groups is 1. The Balaban J connectivity index is 2.75. The van der Waals surface area contributed by atoms with Crippen LogP contribution in [0.15, 0.2) is 10.5 Å². The van der Waals surface area contributed by atoms with Crippen LogP contribution >= 0.6 is 15.9 Å². The second kappa shape index (κ2) is 3.77. The molecule has 1 N–H and O–H groups in total. The molecule has 1 aliphatic rings. The van der Waals surface area contributed by atoms with Crippen molar-refractivity contribution in [2.24, 2.45) is 0 Å². The minimum absolute atomic E-state index is 0.0296. The summed E-state index contributed by atoms with van der Waals surface area (Å²) in [7, 11) is 0. The van der Waals surface area contributed by atoms with Crippen molar-refractivity contribution in [1.29, 1.82) is 0 Å². The quantitative estimate of drug-likeness (QED) is 0.745. The molecule has 2 rings (SSSR count). The molecule has 1 aliphatic heterocycles. The van der Waals surface area contributed by atoms with E-state index in [4.69, 9.17) is 4.74 Å². The molecule has 0 saturated carbocycles. The summed E-state index contributed by atoms with van der Waals surface area (Å²) in [5.41, 5.74) is 1.81. The van der Waals surface area contributed by atoms with E-state index in [-0.39, 0.29) is 17.8 Å². The van der Waals surface area contributed by atoms with E-state index in [1.54, 1.807) is 6.92 Å². The molecule has 3 nitrogen and oxygen atoms in total. The second-order valence-electron chi connectivity index (χ2n) is 4.21. The first-order chi connectivity index (χ1) is 7.43. The zero-order chi connectivity index (χ0) is 12.0. The van der Waals surface area contributed by atoms with Gasteiger partial charge in [0, 0.05) is 10.4 Å². The largest absolute Gasteiger partial charge is 0.507 e. The molecule has 86 valence electrons. The molecule has 1 heterocycles. The number of halogens is 1. The average Bonchev–Trinajstić information content (AvgIpc) is 2.20. The lowest BCUT2D eigenvalue weighted by Crippen LogP contribution is -2.29. The number of benzene rings is 1. The molecule has 0 bridgehead atoms. The Labute approximate surface area is 103 Å². The Hall–Kier alpha value is -1.03. The number of carbonyl (C=O) groups is 1. The zero-order valence-corrected chi connectivity index (χ0v) is 11.0. The number of hydrogen-bond donors (Lipinski definition) is 1. The molecular weight excluding hydrogens is 272 g/mol. The molecule has 1 aromatic carbocycles. The van der Waals surface area contributed by atoms with E-state index in [0.717, 1.165) is 10.0 Å². The van der Waals surface area contributed by atoms with Gasteiger partial charge in [-0.3, -0.25) is 0 Å². The first kappa shape index (κ1) is 11.5. The lowest BCUT2D eigenvalue weighted by Gasteiger charge is -2.30. The Morgan fingerprint density at radius 1 is 1.44 bits per heavy atom. The van der Waals surface area contributed by atoms with Crippen LogP contribution in [-0.2, 0) is 4.74 Å². The van der Waals surface area contributed by atoms with Gasteiger partial charge in [-0.1, -0.05) is 22.9 Å². The standard InChI is InChI=1S/C12H13BrO3/c1-5-4-8(13)9-6(2)7(3)16-12(15)10(9)11(5)14/h4,6-7,14H,1-3H3/t6-,7-/m0/s1. The van der Waals surface area contributed by atoms with Crippen LogP contribution in [0.1, 0.15) is 41.3 Å². The minimum atomic E-state index is -0.442. The van der Waals surface area contributed by atoms with Crippen LogP contribution in [0.4, 0.5) is 0 Å². The fraction of sp³-hybridized carbons (Fsp3) is 0.417. The molecule has 0 radical (unpaired) electrons. The van der Waals surface area contributed by atoms with Crippen molar-refractivity contribution in [3.8, 4) is 5.75 Å². The third kappa shape index (κ3) is 1.52. The molecule has 0 saturated heterocycles. The van der Waals surface area contributed by atoms with Crippen molar-refractivity contribution in [2.75, 3.05) is 0 Å². The number of phenols is 1. The van der Waals surface area contributed by atoms with Crippen LogP contribution in [0.2, 0.25) is 0 Å². The van der Waals surface area contributed by atoms with Gasteiger partial charge in [-0.25, -0.2) is 4.79 Å². The topological polar surface area (TPSA) is 46.5 Å². The maximum absolute atomic E-state index is 11.8. The highest BCUT2D eigenvalue weighted by atomic mass is 79.9. The van der Waals surface area contributed by atoms with Crippen LogP contribution in [0.25, 0.3) is 0 Å². The van der Waals surface area contributed by atoms with E-state index < -0.39 is 5.97 Å². The third-order valence-electron chi connectivity index (χ3n) is 3.14. The summed E-state index contributed by atoms with van der Waals surface area (Å²) in [5, 5.41) is 9.92. The molecule has 4 heteroatoms. The van der Waals surface area contributed by atoms with Crippen LogP contribution in [0.3, 0.4) is 0 Å². The van der Waals surface area contributed by atoms with E-state index in [1.165, 1.54) is 0 Å². The zero-order valence-electron chi connectivity index (χ0n) is 9.37. The summed E-state index contributed by atoms with van der Waals surface area (Å²) in [6.07, 6.45) is -0.168. The maximum Gasteiger partial charge on any atom is 0.342 e. The first-order valence-corrected chi connectivity index (χ1v) is 5.95. The summed E-state index contributed by atoms with van der Waals surface area (Å²) in [5.74, 6) is -0.335. The Morgan fingerprint density at radius 2 is 2.06 bits per heavy atom. The van der Waals surface area contributed by atoms with Crippen molar-refractivity contribution in [2.45, 2.75) is 32.8 Å². The van der Waals surface area contributed by atoms with Gasteiger partial charge in [-0.15, -0.1) is 0 Å². The van der Waals surface area contributed by atoms with Crippen LogP contribution in [0.5, 0.6) is 5.75 Å². The molecule has 0 unspecified atom stereocenters. The number of ether oxygens (including phenoxy) is 1. The van der Waals surface area contributed by atoms with Gasteiger partial charge in [0.15, 0.2) is 0 Å².